The molecular formula is C16H23NO2. The van der Waals surface area contributed by atoms with Crippen molar-refractivity contribution in [1.82, 2.24) is 4.90 Å². The Morgan fingerprint density at radius 2 is 1.95 bits per heavy atom. The van der Waals surface area contributed by atoms with Crippen LogP contribution in [0.4, 0.5) is 0 Å². The molecule has 1 aliphatic rings. The topological polar surface area (TPSA) is 40.5 Å². The van der Waals surface area contributed by atoms with Crippen LogP contribution in [0.15, 0.2) is 30.3 Å². The summed E-state index contributed by atoms with van der Waals surface area (Å²) in [4.78, 5) is 14.3. The van der Waals surface area contributed by atoms with E-state index < -0.39 is 5.60 Å². The molecule has 3 heteroatoms. The van der Waals surface area contributed by atoms with Crippen LogP contribution in [0.1, 0.15) is 44.6 Å². The maximum Gasteiger partial charge on any atom is 0.230 e. The van der Waals surface area contributed by atoms with E-state index in [1.807, 2.05) is 37.3 Å². The molecule has 0 bridgehead atoms. The summed E-state index contributed by atoms with van der Waals surface area (Å²) in [6, 6.07) is 9.90. The van der Waals surface area contributed by atoms with E-state index in [0.717, 1.165) is 24.8 Å². The lowest BCUT2D eigenvalue weighted by molar-refractivity contribution is -0.158. The largest absolute Gasteiger partial charge is 0.386 e. The number of likely N-dealkylation sites (tertiary alicyclic amines) is 1. The van der Waals surface area contributed by atoms with Crippen molar-refractivity contribution >= 4 is 5.91 Å². The van der Waals surface area contributed by atoms with Crippen molar-refractivity contribution in [3.8, 4) is 0 Å². The molecule has 104 valence electrons. The molecule has 1 N–H and O–H groups in total. The van der Waals surface area contributed by atoms with Gasteiger partial charge in [-0.05, 0) is 18.4 Å². The Bertz CT molecular complexity index is 424. The molecule has 1 unspecified atom stereocenters. The third kappa shape index (κ3) is 2.98. The van der Waals surface area contributed by atoms with Gasteiger partial charge in [-0.25, -0.2) is 0 Å². The van der Waals surface area contributed by atoms with Gasteiger partial charge >= 0.3 is 0 Å². The maximum absolute atomic E-state index is 12.5. The van der Waals surface area contributed by atoms with Gasteiger partial charge in [-0.2, -0.15) is 0 Å². The van der Waals surface area contributed by atoms with Gasteiger partial charge in [0.05, 0.1) is 24.6 Å². The Hall–Kier alpha value is -1.35. The Balaban J connectivity index is 2.00. The summed E-state index contributed by atoms with van der Waals surface area (Å²) in [5.41, 5.74) is 0.431. The van der Waals surface area contributed by atoms with Gasteiger partial charge in [0.15, 0.2) is 0 Å². The van der Waals surface area contributed by atoms with Crippen LogP contribution in [0.2, 0.25) is 0 Å². The molecule has 1 amide bonds. The minimum atomic E-state index is -0.639. The summed E-state index contributed by atoms with van der Waals surface area (Å²) in [5.74, 6) is 0.0712. The van der Waals surface area contributed by atoms with Crippen LogP contribution in [0.5, 0.6) is 0 Å². The number of carbonyl (C=O) groups is 1. The third-order valence-electron chi connectivity index (χ3n) is 3.91. The molecule has 1 aromatic rings. The van der Waals surface area contributed by atoms with Gasteiger partial charge in [-0.3, -0.25) is 4.79 Å². The molecule has 1 saturated heterocycles. The molecule has 0 aromatic heterocycles. The van der Waals surface area contributed by atoms with Crippen LogP contribution in [0.25, 0.3) is 0 Å². The Labute approximate surface area is 115 Å². The normalized spacial score (nSPS) is 18.8. The molecule has 3 nitrogen and oxygen atoms in total. The molecule has 1 fully saturated rings. The number of benzene rings is 1. The first kappa shape index (κ1) is 14.1. The highest BCUT2D eigenvalue weighted by molar-refractivity contribution is 5.84. The standard InChI is InChI=1S/C16H23NO2/c1-3-10-16(19)11-17(12-16)15(18)14(4-2)13-8-6-5-7-9-13/h5-9,14,19H,3-4,10-12H2,1-2H3. The van der Waals surface area contributed by atoms with Crippen molar-refractivity contribution in [2.75, 3.05) is 13.1 Å². The predicted molar refractivity (Wildman–Crippen MR) is 75.9 cm³/mol. The zero-order chi connectivity index (χ0) is 13.9. The number of aliphatic hydroxyl groups is 1. The molecule has 1 aromatic carbocycles. The molecule has 0 saturated carbocycles. The predicted octanol–water partition coefficient (Wildman–Crippen LogP) is 2.55. The van der Waals surface area contributed by atoms with Crippen LogP contribution < -0.4 is 0 Å². The molecule has 19 heavy (non-hydrogen) atoms. The number of rotatable bonds is 5. The molecule has 1 aliphatic heterocycles. The van der Waals surface area contributed by atoms with E-state index >= 15 is 0 Å². The summed E-state index contributed by atoms with van der Waals surface area (Å²) in [7, 11) is 0. The Kier molecular flexibility index (Phi) is 4.25. The Morgan fingerprint density at radius 1 is 1.32 bits per heavy atom. The smallest absolute Gasteiger partial charge is 0.230 e. The molecule has 0 aliphatic carbocycles. The average Bonchev–Trinajstić information content (AvgIpc) is 2.38. The Morgan fingerprint density at radius 3 is 2.47 bits per heavy atom. The van der Waals surface area contributed by atoms with Crippen LogP contribution in [-0.4, -0.2) is 34.6 Å². The minimum absolute atomic E-state index is 0.0765. The molecule has 1 heterocycles. The molecule has 0 radical (unpaired) electrons. The lowest BCUT2D eigenvalue weighted by atomic mass is 9.86. The summed E-state index contributed by atoms with van der Waals surface area (Å²) < 4.78 is 0. The quantitative estimate of drug-likeness (QED) is 0.885. The number of carbonyl (C=O) groups excluding carboxylic acids is 1. The van der Waals surface area contributed by atoms with Crippen LogP contribution in [-0.2, 0) is 4.79 Å². The maximum atomic E-state index is 12.5. The number of hydrogen-bond donors (Lipinski definition) is 1. The minimum Gasteiger partial charge on any atom is -0.386 e. The van der Waals surface area contributed by atoms with Crippen molar-refractivity contribution in [1.29, 1.82) is 0 Å². The fourth-order valence-corrected chi connectivity index (χ4v) is 2.90. The van der Waals surface area contributed by atoms with Crippen molar-refractivity contribution in [3.05, 3.63) is 35.9 Å². The second-order valence-corrected chi connectivity index (χ2v) is 5.54. The molecule has 2 rings (SSSR count). The lowest BCUT2D eigenvalue weighted by Crippen LogP contribution is -2.64. The SMILES string of the molecule is CCCC1(O)CN(C(=O)C(CC)c2ccccc2)C1. The van der Waals surface area contributed by atoms with Crippen molar-refractivity contribution in [3.63, 3.8) is 0 Å². The third-order valence-corrected chi connectivity index (χ3v) is 3.91. The number of nitrogens with zero attached hydrogens (tertiary/aromatic N) is 1. The zero-order valence-corrected chi connectivity index (χ0v) is 11.8. The van der Waals surface area contributed by atoms with Crippen LogP contribution >= 0.6 is 0 Å². The van der Waals surface area contributed by atoms with Gasteiger partial charge < -0.3 is 10.0 Å². The highest BCUT2D eigenvalue weighted by Gasteiger charge is 2.44. The second kappa shape index (κ2) is 5.74. The number of β-amino-alcohol motifs (C(OH)–C–C–N with tert-alkyl or cyclic N) is 1. The van der Waals surface area contributed by atoms with Gasteiger partial charge in [-0.1, -0.05) is 50.6 Å². The lowest BCUT2D eigenvalue weighted by Gasteiger charge is -2.47. The van der Waals surface area contributed by atoms with Gasteiger partial charge in [0.25, 0.3) is 0 Å². The van der Waals surface area contributed by atoms with E-state index in [2.05, 4.69) is 6.92 Å². The number of hydrogen-bond acceptors (Lipinski definition) is 2. The molecular weight excluding hydrogens is 238 g/mol. The van der Waals surface area contributed by atoms with E-state index in [1.54, 1.807) is 4.90 Å². The summed E-state index contributed by atoms with van der Waals surface area (Å²) in [6.45, 7) is 5.07. The first-order valence-corrected chi connectivity index (χ1v) is 7.15. The van der Waals surface area contributed by atoms with E-state index in [9.17, 15) is 9.90 Å². The van der Waals surface area contributed by atoms with E-state index in [1.165, 1.54) is 0 Å². The summed E-state index contributed by atoms with van der Waals surface area (Å²) in [6.07, 6.45) is 2.53. The van der Waals surface area contributed by atoms with Gasteiger partial charge in [0, 0.05) is 0 Å². The molecule has 1 atom stereocenters. The van der Waals surface area contributed by atoms with Gasteiger partial charge in [0.2, 0.25) is 5.91 Å². The molecule has 0 spiro atoms. The van der Waals surface area contributed by atoms with Crippen LogP contribution in [0.3, 0.4) is 0 Å². The summed E-state index contributed by atoms with van der Waals surface area (Å²) in [5, 5.41) is 10.2. The second-order valence-electron chi connectivity index (χ2n) is 5.54. The van der Waals surface area contributed by atoms with Crippen molar-refractivity contribution in [2.45, 2.75) is 44.6 Å². The van der Waals surface area contributed by atoms with Crippen molar-refractivity contribution in [2.24, 2.45) is 0 Å². The highest BCUT2D eigenvalue weighted by atomic mass is 16.3. The number of amides is 1. The first-order valence-electron chi connectivity index (χ1n) is 7.15. The monoisotopic (exact) mass is 261 g/mol. The van der Waals surface area contributed by atoms with E-state index in [4.69, 9.17) is 0 Å². The van der Waals surface area contributed by atoms with E-state index in [0.29, 0.717) is 13.1 Å². The highest BCUT2D eigenvalue weighted by Crippen LogP contribution is 2.30. The first-order chi connectivity index (χ1) is 9.09. The average molecular weight is 261 g/mol. The van der Waals surface area contributed by atoms with Crippen molar-refractivity contribution < 1.29 is 9.90 Å². The zero-order valence-electron chi connectivity index (χ0n) is 11.8. The fourth-order valence-electron chi connectivity index (χ4n) is 2.90. The summed E-state index contributed by atoms with van der Waals surface area (Å²) >= 11 is 0. The van der Waals surface area contributed by atoms with Gasteiger partial charge in [-0.15, -0.1) is 0 Å². The van der Waals surface area contributed by atoms with Gasteiger partial charge in [0.1, 0.15) is 0 Å². The van der Waals surface area contributed by atoms with E-state index in [-0.39, 0.29) is 11.8 Å². The van der Waals surface area contributed by atoms with Crippen LogP contribution in [0, 0.1) is 0 Å². The fraction of sp³-hybridized carbons (Fsp3) is 0.562.